The van der Waals surface area contributed by atoms with Gasteiger partial charge in [-0.15, -0.1) is 0 Å². The average Bonchev–Trinajstić information content (AvgIpc) is 3.15. The van der Waals surface area contributed by atoms with Gasteiger partial charge in [0.15, 0.2) is 0 Å². The van der Waals surface area contributed by atoms with Crippen molar-refractivity contribution in [2.24, 2.45) is 11.7 Å². The van der Waals surface area contributed by atoms with E-state index in [0.29, 0.717) is 6.54 Å². The molecule has 1 aromatic carbocycles. The summed E-state index contributed by atoms with van der Waals surface area (Å²) >= 11 is 0. The maximum Gasteiger partial charge on any atom is 0.123 e. The van der Waals surface area contributed by atoms with Crippen molar-refractivity contribution in [3.63, 3.8) is 0 Å². The van der Waals surface area contributed by atoms with E-state index in [1.165, 1.54) is 37.8 Å². The lowest BCUT2D eigenvalue weighted by molar-refractivity contribution is 0.511. The third kappa shape index (κ3) is 4.10. The van der Waals surface area contributed by atoms with Crippen molar-refractivity contribution in [3.05, 3.63) is 35.6 Å². The Balaban J connectivity index is 1.76. The molecule has 1 aliphatic rings. The lowest BCUT2D eigenvalue weighted by Crippen LogP contribution is -2.29. The standard InChI is InChI=1S/C14H21FN2/c15-13-7-5-12(6-8-13)14(10-16)17-9-1-2-11-3-4-11/h5-8,11,14,17H,1-4,9-10,16H2. The summed E-state index contributed by atoms with van der Waals surface area (Å²) in [7, 11) is 0. The van der Waals surface area contributed by atoms with Crippen molar-refractivity contribution in [2.75, 3.05) is 13.1 Å². The maximum atomic E-state index is 12.8. The molecule has 2 nitrogen and oxygen atoms in total. The second-order valence-corrected chi connectivity index (χ2v) is 4.88. The molecule has 1 aromatic rings. The van der Waals surface area contributed by atoms with E-state index in [-0.39, 0.29) is 11.9 Å². The number of nitrogens with two attached hydrogens (primary N) is 1. The van der Waals surface area contributed by atoms with Gasteiger partial charge in [-0.3, -0.25) is 0 Å². The van der Waals surface area contributed by atoms with Crippen molar-refractivity contribution in [3.8, 4) is 0 Å². The van der Waals surface area contributed by atoms with E-state index in [0.717, 1.165) is 18.0 Å². The lowest BCUT2D eigenvalue weighted by atomic mass is 10.1. The number of hydrogen-bond donors (Lipinski definition) is 2. The Morgan fingerprint density at radius 3 is 2.59 bits per heavy atom. The van der Waals surface area contributed by atoms with E-state index in [1.807, 2.05) is 0 Å². The molecule has 0 heterocycles. The highest BCUT2D eigenvalue weighted by Gasteiger charge is 2.20. The highest BCUT2D eigenvalue weighted by Crippen LogP contribution is 2.33. The van der Waals surface area contributed by atoms with Gasteiger partial charge >= 0.3 is 0 Å². The van der Waals surface area contributed by atoms with Gasteiger partial charge in [0.2, 0.25) is 0 Å². The van der Waals surface area contributed by atoms with Gasteiger partial charge in [-0.25, -0.2) is 4.39 Å². The summed E-state index contributed by atoms with van der Waals surface area (Å²) in [5.74, 6) is 0.789. The van der Waals surface area contributed by atoms with Crippen molar-refractivity contribution in [2.45, 2.75) is 31.7 Å². The molecule has 0 saturated heterocycles. The van der Waals surface area contributed by atoms with Gasteiger partial charge in [-0.05, 0) is 43.0 Å². The molecule has 1 unspecified atom stereocenters. The molecule has 3 N–H and O–H groups in total. The summed E-state index contributed by atoms with van der Waals surface area (Å²) in [6.07, 6.45) is 5.37. The Morgan fingerprint density at radius 1 is 1.29 bits per heavy atom. The summed E-state index contributed by atoms with van der Waals surface area (Å²) in [6.45, 7) is 1.55. The average molecular weight is 236 g/mol. The molecule has 0 aromatic heterocycles. The van der Waals surface area contributed by atoms with Crippen LogP contribution in [0.2, 0.25) is 0 Å². The molecule has 0 aliphatic heterocycles. The largest absolute Gasteiger partial charge is 0.329 e. The van der Waals surface area contributed by atoms with Gasteiger partial charge < -0.3 is 11.1 Å². The fourth-order valence-electron chi connectivity index (χ4n) is 2.11. The van der Waals surface area contributed by atoms with Crippen LogP contribution in [-0.4, -0.2) is 13.1 Å². The fourth-order valence-corrected chi connectivity index (χ4v) is 2.11. The predicted octanol–water partition coefficient (Wildman–Crippen LogP) is 2.61. The van der Waals surface area contributed by atoms with Crippen LogP contribution >= 0.6 is 0 Å². The van der Waals surface area contributed by atoms with E-state index < -0.39 is 0 Å². The van der Waals surface area contributed by atoms with Gasteiger partial charge in [0, 0.05) is 12.6 Å². The fraction of sp³-hybridized carbons (Fsp3) is 0.571. The van der Waals surface area contributed by atoms with Crippen molar-refractivity contribution < 1.29 is 4.39 Å². The summed E-state index contributed by atoms with van der Waals surface area (Å²) < 4.78 is 12.8. The van der Waals surface area contributed by atoms with Gasteiger partial charge in [0.05, 0.1) is 0 Å². The Hall–Kier alpha value is -0.930. The quantitative estimate of drug-likeness (QED) is 0.714. The van der Waals surface area contributed by atoms with E-state index in [2.05, 4.69) is 5.32 Å². The molecule has 17 heavy (non-hydrogen) atoms. The number of benzene rings is 1. The molecule has 3 heteroatoms. The number of hydrogen-bond acceptors (Lipinski definition) is 2. The summed E-state index contributed by atoms with van der Waals surface area (Å²) in [6, 6.07) is 6.74. The summed E-state index contributed by atoms with van der Waals surface area (Å²) in [5, 5.41) is 3.44. The highest BCUT2D eigenvalue weighted by molar-refractivity contribution is 5.20. The highest BCUT2D eigenvalue weighted by atomic mass is 19.1. The molecule has 0 radical (unpaired) electrons. The van der Waals surface area contributed by atoms with Crippen LogP contribution in [0.4, 0.5) is 4.39 Å². The Morgan fingerprint density at radius 2 is 2.00 bits per heavy atom. The third-order valence-electron chi connectivity index (χ3n) is 3.38. The van der Waals surface area contributed by atoms with Crippen LogP contribution < -0.4 is 11.1 Å². The molecule has 1 aliphatic carbocycles. The number of nitrogens with one attached hydrogen (secondary N) is 1. The second-order valence-electron chi connectivity index (χ2n) is 4.88. The van der Waals surface area contributed by atoms with E-state index >= 15 is 0 Å². The van der Waals surface area contributed by atoms with Gasteiger partial charge in [0.25, 0.3) is 0 Å². The lowest BCUT2D eigenvalue weighted by Gasteiger charge is -2.17. The third-order valence-corrected chi connectivity index (χ3v) is 3.38. The first-order valence-corrected chi connectivity index (χ1v) is 6.48. The van der Waals surface area contributed by atoms with Crippen LogP contribution in [0.25, 0.3) is 0 Å². The van der Waals surface area contributed by atoms with Crippen molar-refractivity contribution in [1.29, 1.82) is 0 Å². The number of halogens is 1. The predicted molar refractivity (Wildman–Crippen MR) is 68.2 cm³/mol. The minimum atomic E-state index is -0.196. The Bertz CT molecular complexity index is 333. The molecule has 0 bridgehead atoms. The molecular formula is C14H21FN2. The molecule has 1 fully saturated rings. The normalized spacial score (nSPS) is 17.1. The SMILES string of the molecule is NCC(NCCCC1CC1)c1ccc(F)cc1. The maximum absolute atomic E-state index is 12.8. The molecule has 0 amide bonds. The summed E-state index contributed by atoms with van der Waals surface area (Å²) in [5.41, 5.74) is 6.81. The molecular weight excluding hydrogens is 215 g/mol. The second kappa shape index (κ2) is 6.12. The minimum Gasteiger partial charge on any atom is -0.329 e. The molecule has 1 atom stereocenters. The zero-order chi connectivity index (χ0) is 12.1. The summed E-state index contributed by atoms with van der Waals surface area (Å²) in [4.78, 5) is 0. The zero-order valence-corrected chi connectivity index (χ0v) is 10.2. The van der Waals surface area contributed by atoms with Crippen LogP contribution in [-0.2, 0) is 0 Å². The first-order valence-electron chi connectivity index (χ1n) is 6.48. The van der Waals surface area contributed by atoms with Crippen LogP contribution in [0.3, 0.4) is 0 Å². The van der Waals surface area contributed by atoms with Crippen LogP contribution in [0.5, 0.6) is 0 Å². The van der Waals surface area contributed by atoms with E-state index in [1.54, 1.807) is 12.1 Å². The Labute approximate surface area is 102 Å². The first kappa shape index (κ1) is 12.5. The number of rotatable bonds is 7. The first-order chi connectivity index (χ1) is 8.29. The van der Waals surface area contributed by atoms with Crippen molar-refractivity contribution in [1.82, 2.24) is 5.32 Å². The van der Waals surface area contributed by atoms with Crippen LogP contribution in [0, 0.1) is 11.7 Å². The van der Waals surface area contributed by atoms with Gasteiger partial charge in [-0.2, -0.15) is 0 Å². The molecule has 0 spiro atoms. The molecule has 94 valence electrons. The molecule has 2 rings (SSSR count). The van der Waals surface area contributed by atoms with Gasteiger partial charge in [-0.1, -0.05) is 25.0 Å². The van der Waals surface area contributed by atoms with Crippen molar-refractivity contribution >= 4 is 0 Å². The van der Waals surface area contributed by atoms with Gasteiger partial charge in [0.1, 0.15) is 5.82 Å². The topological polar surface area (TPSA) is 38.0 Å². The van der Waals surface area contributed by atoms with E-state index in [4.69, 9.17) is 5.73 Å². The zero-order valence-electron chi connectivity index (χ0n) is 10.2. The minimum absolute atomic E-state index is 0.148. The van der Waals surface area contributed by atoms with E-state index in [9.17, 15) is 4.39 Å². The smallest absolute Gasteiger partial charge is 0.123 e. The van der Waals surface area contributed by atoms with Crippen LogP contribution in [0.1, 0.15) is 37.3 Å². The Kier molecular flexibility index (Phi) is 4.51. The monoisotopic (exact) mass is 236 g/mol. The van der Waals surface area contributed by atoms with Crippen LogP contribution in [0.15, 0.2) is 24.3 Å². The molecule has 1 saturated carbocycles.